The van der Waals surface area contributed by atoms with Gasteiger partial charge in [0.1, 0.15) is 17.3 Å². The summed E-state index contributed by atoms with van der Waals surface area (Å²) in [5.74, 6) is 0.508. The summed E-state index contributed by atoms with van der Waals surface area (Å²) >= 11 is 0. The van der Waals surface area contributed by atoms with Crippen LogP contribution in [-0.2, 0) is 0 Å². The van der Waals surface area contributed by atoms with Crippen LogP contribution in [0.4, 0.5) is 0 Å². The van der Waals surface area contributed by atoms with Crippen LogP contribution in [0.1, 0.15) is 5.82 Å². The summed E-state index contributed by atoms with van der Waals surface area (Å²) in [6.07, 6.45) is 0. The fourth-order valence-corrected chi connectivity index (χ4v) is 0.739. The molecule has 0 aliphatic heterocycles. The van der Waals surface area contributed by atoms with Crippen molar-refractivity contribution >= 4 is 26.4 Å². The number of hydrogen-bond donors (Lipinski definition) is 2. The van der Waals surface area contributed by atoms with E-state index < -0.39 is 0 Å². The predicted molar refractivity (Wildman–Crippen MR) is 42.6 cm³/mol. The molecule has 0 aliphatic carbocycles. The molecule has 0 saturated carbocycles. The zero-order valence-corrected chi connectivity index (χ0v) is 6.15. The van der Waals surface area contributed by atoms with E-state index in [-0.39, 0.29) is 15.0 Å². The molecule has 1 rings (SSSR count). The molecule has 0 aliphatic rings. The molecule has 1 aromatic heterocycles. The Morgan fingerprint density at radius 2 is 1.45 bits per heavy atom. The van der Waals surface area contributed by atoms with Crippen molar-refractivity contribution in [1.82, 2.24) is 15.0 Å². The average molecular weight is 151 g/mol. The monoisotopic (exact) mass is 151 g/mol. The highest BCUT2D eigenvalue weighted by atomic mass is 16.2. The van der Waals surface area contributed by atoms with E-state index >= 15 is 0 Å². The van der Waals surface area contributed by atoms with E-state index in [1.807, 2.05) is 0 Å². The van der Waals surface area contributed by atoms with Crippen LogP contribution >= 0.6 is 0 Å². The molecular weight excluding hydrogens is 144 g/mol. The Bertz CT molecular complexity index is 235. The maximum atomic E-state index is 8.65. The van der Waals surface area contributed by atoms with Gasteiger partial charge >= 0.3 is 15.0 Å². The molecule has 0 spiro atoms. The van der Waals surface area contributed by atoms with Crippen LogP contribution in [0.5, 0.6) is 0 Å². The zero-order chi connectivity index (χ0) is 8.27. The fourth-order valence-electron chi connectivity index (χ4n) is 0.739. The largest absolute Gasteiger partial charge is 0.447 e. The van der Waals surface area contributed by atoms with E-state index in [0.717, 1.165) is 0 Å². The van der Waals surface area contributed by atoms with Gasteiger partial charge < -0.3 is 10.0 Å². The summed E-state index contributed by atoms with van der Waals surface area (Å²) in [4.78, 5) is 11.4. The first-order valence-electron chi connectivity index (χ1n) is 3.18. The standard InChI is InChI=1S/C4H7B2N3O2/c1-2-7-3(5-10)9-4(6-11)8-2/h5-6,10-11H,1H3. The molecule has 0 bridgehead atoms. The Kier molecular flexibility index (Phi) is 2.56. The minimum Gasteiger partial charge on any atom is -0.447 e. The SMILES string of the molecule is Cc1nc(BO)nc(BO)n1. The summed E-state index contributed by atoms with van der Waals surface area (Å²) in [6.45, 7) is 1.68. The third-order valence-electron chi connectivity index (χ3n) is 1.12. The van der Waals surface area contributed by atoms with Crippen molar-refractivity contribution in [3.05, 3.63) is 5.82 Å². The van der Waals surface area contributed by atoms with Crippen molar-refractivity contribution in [2.24, 2.45) is 0 Å². The van der Waals surface area contributed by atoms with Crippen molar-refractivity contribution in [2.45, 2.75) is 6.92 Å². The second kappa shape index (κ2) is 3.45. The van der Waals surface area contributed by atoms with Crippen LogP contribution < -0.4 is 11.4 Å². The van der Waals surface area contributed by atoms with Crippen molar-refractivity contribution in [2.75, 3.05) is 0 Å². The van der Waals surface area contributed by atoms with Crippen LogP contribution in [0.2, 0.25) is 0 Å². The van der Waals surface area contributed by atoms with Gasteiger partial charge in [0.2, 0.25) is 0 Å². The molecule has 11 heavy (non-hydrogen) atoms. The molecule has 0 fully saturated rings. The number of rotatable bonds is 2. The second-order valence-electron chi connectivity index (χ2n) is 2.03. The highest BCUT2D eigenvalue weighted by molar-refractivity contribution is 6.46. The maximum absolute atomic E-state index is 8.65. The molecule has 5 nitrogen and oxygen atoms in total. The molecule has 2 N–H and O–H groups in total. The van der Waals surface area contributed by atoms with E-state index in [9.17, 15) is 0 Å². The average Bonchev–Trinajstić information content (AvgIpc) is 2.03. The van der Waals surface area contributed by atoms with Crippen LogP contribution in [0.25, 0.3) is 0 Å². The minimum atomic E-state index is -0.226. The topological polar surface area (TPSA) is 79.1 Å². The van der Waals surface area contributed by atoms with Crippen LogP contribution in [-0.4, -0.2) is 40.0 Å². The van der Waals surface area contributed by atoms with Crippen LogP contribution in [0, 0.1) is 6.92 Å². The first-order valence-corrected chi connectivity index (χ1v) is 3.18. The first-order chi connectivity index (χ1) is 5.26. The molecule has 0 radical (unpaired) electrons. The summed E-state index contributed by atoms with van der Waals surface area (Å²) in [7, 11) is -0.452. The third-order valence-corrected chi connectivity index (χ3v) is 1.12. The van der Waals surface area contributed by atoms with Crippen molar-refractivity contribution < 1.29 is 10.0 Å². The Morgan fingerprint density at radius 3 is 1.82 bits per heavy atom. The van der Waals surface area contributed by atoms with Gasteiger partial charge in [-0.2, -0.15) is 0 Å². The summed E-state index contributed by atoms with van der Waals surface area (Å²) in [5.41, 5.74) is 0.586. The minimum absolute atomic E-state index is 0.226. The molecule has 0 amide bonds. The van der Waals surface area contributed by atoms with E-state index in [1.54, 1.807) is 6.92 Å². The normalized spacial score (nSPS) is 9.36. The molecule has 1 heterocycles. The fraction of sp³-hybridized carbons (Fsp3) is 0.250. The third kappa shape index (κ3) is 1.99. The van der Waals surface area contributed by atoms with Gasteiger partial charge in [-0.1, -0.05) is 0 Å². The van der Waals surface area contributed by atoms with Crippen molar-refractivity contribution in [3.8, 4) is 0 Å². The molecular formula is C4H7B2N3O2. The number of hydrogen-bond acceptors (Lipinski definition) is 5. The van der Waals surface area contributed by atoms with Gasteiger partial charge in [-0.3, -0.25) is 0 Å². The van der Waals surface area contributed by atoms with E-state index in [0.29, 0.717) is 17.3 Å². The lowest BCUT2D eigenvalue weighted by Crippen LogP contribution is -2.35. The van der Waals surface area contributed by atoms with Gasteiger partial charge in [-0.25, -0.2) is 15.0 Å². The lowest BCUT2D eigenvalue weighted by molar-refractivity contribution is 0.609. The number of nitrogens with zero attached hydrogens (tertiary/aromatic N) is 3. The number of aromatic nitrogens is 3. The molecule has 56 valence electrons. The Labute approximate surface area is 65.1 Å². The molecule has 0 unspecified atom stereocenters. The summed E-state index contributed by atoms with van der Waals surface area (Å²) < 4.78 is 0. The molecule has 0 saturated heterocycles. The van der Waals surface area contributed by atoms with Gasteiger partial charge in [0.05, 0.1) is 0 Å². The molecule has 0 aromatic carbocycles. The van der Waals surface area contributed by atoms with E-state index in [4.69, 9.17) is 10.0 Å². The Morgan fingerprint density at radius 1 is 1.00 bits per heavy atom. The highest BCUT2D eigenvalue weighted by Crippen LogP contribution is 1.73. The zero-order valence-electron chi connectivity index (χ0n) is 6.15. The second-order valence-corrected chi connectivity index (χ2v) is 2.03. The van der Waals surface area contributed by atoms with Gasteiger partial charge in [-0.05, 0) is 6.92 Å². The summed E-state index contributed by atoms with van der Waals surface area (Å²) in [5, 5.41) is 17.3. The maximum Gasteiger partial charge on any atom is 0.350 e. The molecule has 0 atom stereocenters. The smallest absolute Gasteiger partial charge is 0.350 e. The van der Waals surface area contributed by atoms with Crippen molar-refractivity contribution in [1.29, 1.82) is 0 Å². The lowest BCUT2D eigenvalue weighted by Gasteiger charge is -1.97. The number of aryl methyl sites for hydroxylation is 1. The van der Waals surface area contributed by atoms with Gasteiger partial charge in [0, 0.05) is 0 Å². The molecule has 7 heteroatoms. The van der Waals surface area contributed by atoms with Crippen molar-refractivity contribution in [3.63, 3.8) is 0 Å². The van der Waals surface area contributed by atoms with Crippen LogP contribution in [0.15, 0.2) is 0 Å². The predicted octanol–water partition coefficient (Wildman–Crippen LogP) is -3.88. The van der Waals surface area contributed by atoms with Gasteiger partial charge in [0.25, 0.3) is 0 Å². The van der Waals surface area contributed by atoms with Gasteiger partial charge in [0.15, 0.2) is 0 Å². The van der Waals surface area contributed by atoms with Crippen LogP contribution in [0.3, 0.4) is 0 Å². The Balaban J connectivity index is 3.02. The van der Waals surface area contributed by atoms with Gasteiger partial charge in [-0.15, -0.1) is 0 Å². The quantitative estimate of drug-likeness (QED) is 0.422. The lowest BCUT2D eigenvalue weighted by atomic mass is 9.98. The first kappa shape index (κ1) is 8.16. The van der Waals surface area contributed by atoms with E-state index in [1.165, 1.54) is 0 Å². The van der Waals surface area contributed by atoms with E-state index in [2.05, 4.69) is 15.0 Å². The highest BCUT2D eigenvalue weighted by Gasteiger charge is 2.03. The summed E-state index contributed by atoms with van der Waals surface area (Å²) in [6, 6.07) is 0. The molecule has 1 aromatic rings. The Hall–Kier alpha value is -0.940.